The van der Waals surface area contributed by atoms with E-state index in [2.05, 4.69) is 5.10 Å². The monoisotopic (exact) mass is 353 g/mol. The molecule has 0 bridgehead atoms. The van der Waals surface area contributed by atoms with Gasteiger partial charge in [-0.3, -0.25) is 9.59 Å². The van der Waals surface area contributed by atoms with Gasteiger partial charge in [0.15, 0.2) is 0 Å². The van der Waals surface area contributed by atoms with E-state index in [1.165, 1.54) is 4.68 Å². The zero-order valence-electron chi connectivity index (χ0n) is 15.1. The normalized spacial score (nSPS) is 22.2. The zero-order chi connectivity index (χ0) is 18.5. The van der Waals surface area contributed by atoms with Gasteiger partial charge in [0.25, 0.3) is 0 Å². The minimum absolute atomic E-state index is 0.0568. The van der Waals surface area contributed by atoms with Crippen molar-refractivity contribution in [2.24, 2.45) is 0 Å². The standard InChI is InChI=1S/C19H23N5O2/c1-13-10-16(20)24(21-13)11-17(25)23-9-5-8-19(12-23)14-6-3-4-7-15(14)22(2)18(19)26/h3-4,6-7,10H,5,8-9,11-12,20H2,1-2H3. The summed E-state index contributed by atoms with van der Waals surface area (Å²) in [5.41, 5.74) is 8.03. The number of rotatable bonds is 2. The van der Waals surface area contributed by atoms with Gasteiger partial charge in [-0.25, -0.2) is 4.68 Å². The van der Waals surface area contributed by atoms with E-state index in [1.807, 2.05) is 38.2 Å². The SMILES string of the molecule is Cc1cc(N)n(CC(=O)N2CCCC3(C2)C(=O)N(C)c2ccccc23)n1. The Balaban J connectivity index is 1.61. The Morgan fingerprint density at radius 3 is 2.85 bits per heavy atom. The fourth-order valence-electron chi connectivity index (χ4n) is 4.30. The molecular formula is C19H23N5O2. The van der Waals surface area contributed by atoms with E-state index < -0.39 is 5.41 Å². The van der Waals surface area contributed by atoms with Crippen LogP contribution in [0.4, 0.5) is 11.5 Å². The Hall–Kier alpha value is -2.83. The van der Waals surface area contributed by atoms with Crippen molar-refractivity contribution in [2.45, 2.75) is 31.7 Å². The molecule has 1 aromatic heterocycles. The Labute approximate surface area is 152 Å². The van der Waals surface area contributed by atoms with Crippen molar-refractivity contribution < 1.29 is 9.59 Å². The van der Waals surface area contributed by atoms with Gasteiger partial charge in [0.1, 0.15) is 12.4 Å². The molecule has 1 unspecified atom stereocenters. The molecule has 2 N–H and O–H groups in total. The van der Waals surface area contributed by atoms with Crippen LogP contribution < -0.4 is 10.6 Å². The summed E-state index contributed by atoms with van der Waals surface area (Å²) in [6.07, 6.45) is 1.56. The van der Waals surface area contributed by atoms with Gasteiger partial charge < -0.3 is 15.5 Å². The number of nitrogens with zero attached hydrogens (tertiary/aromatic N) is 4. The van der Waals surface area contributed by atoms with E-state index in [1.54, 1.807) is 15.9 Å². The van der Waals surface area contributed by atoms with Crippen LogP contribution in [0.5, 0.6) is 0 Å². The highest BCUT2D eigenvalue weighted by atomic mass is 16.2. The summed E-state index contributed by atoms with van der Waals surface area (Å²) in [4.78, 5) is 29.4. The summed E-state index contributed by atoms with van der Waals surface area (Å²) in [6.45, 7) is 3.00. The van der Waals surface area contributed by atoms with Gasteiger partial charge in [0, 0.05) is 31.9 Å². The topological polar surface area (TPSA) is 84.5 Å². The average Bonchev–Trinajstić information content (AvgIpc) is 3.05. The van der Waals surface area contributed by atoms with Crippen LogP contribution in [0.15, 0.2) is 30.3 Å². The fourth-order valence-corrected chi connectivity index (χ4v) is 4.30. The molecule has 0 saturated carbocycles. The van der Waals surface area contributed by atoms with Crippen molar-refractivity contribution in [3.05, 3.63) is 41.6 Å². The second-order valence-corrected chi connectivity index (χ2v) is 7.25. The summed E-state index contributed by atoms with van der Waals surface area (Å²) >= 11 is 0. The molecule has 1 saturated heterocycles. The molecule has 2 aromatic rings. The van der Waals surface area contributed by atoms with E-state index in [0.717, 1.165) is 29.8 Å². The molecule has 136 valence electrons. The number of fused-ring (bicyclic) bond motifs is 2. The van der Waals surface area contributed by atoms with Gasteiger partial charge in [-0.15, -0.1) is 0 Å². The van der Waals surface area contributed by atoms with Crippen LogP contribution in [0, 0.1) is 6.92 Å². The number of carbonyl (C=O) groups is 2. The van der Waals surface area contributed by atoms with E-state index >= 15 is 0 Å². The molecule has 26 heavy (non-hydrogen) atoms. The minimum Gasteiger partial charge on any atom is -0.384 e. The number of aromatic nitrogens is 2. The number of piperidine rings is 1. The lowest BCUT2D eigenvalue weighted by molar-refractivity contribution is -0.136. The minimum atomic E-state index is -0.634. The predicted molar refractivity (Wildman–Crippen MR) is 98.7 cm³/mol. The first-order valence-corrected chi connectivity index (χ1v) is 8.88. The summed E-state index contributed by atoms with van der Waals surface area (Å²) < 4.78 is 1.52. The van der Waals surface area contributed by atoms with Crippen LogP contribution in [0.1, 0.15) is 24.1 Å². The number of anilines is 2. The highest BCUT2D eigenvalue weighted by molar-refractivity contribution is 6.08. The second-order valence-electron chi connectivity index (χ2n) is 7.25. The summed E-state index contributed by atoms with van der Waals surface area (Å²) in [5, 5.41) is 4.27. The molecule has 2 aliphatic heterocycles. The summed E-state index contributed by atoms with van der Waals surface area (Å²) in [5.74, 6) is 0.494. The summed E-state index contributed by atoms with van der Waals surface area (Å²) in [6, 6.07) is 9.63. The molecule has 0 aliphatic carbocycles. The van der Waals surface area contributed by atoms with Crippen LogP contribution >= 0.6 is 0 Å². The average molecular weight is 353 g/mol. The number of amides is 2. The summed E-state index contributed by atoms with van der Waals surface area (Å²) in [7, 11) is 1.81. The largest absolute Gasteiger partial charge is 0.384 e. The smallest absolute Gasteiger partial charge is 0.244 e. The van der Waals surface area contributed by atoms with Crippen LogP contribution in [-0.2, 0) is 21.5 Å². The molecule has 1 fully saturated rings. The van der Waals surface area contributed by atoms with Crippen molar-refractivity contribution >= 4 is 23.3 Å². The number of hydrogen-bond donors (Lipinski definition) is 1. The molecule has 1 spiro atoms. The highest BCUT2D eigenvalue weighted by Crippen LogP contribution is 2.46. The maximum atomic E-state index is 13.1. The number of hydrogen-bond acceptors (Lipinski definition) is 4. The molecule has 0 radical (unpaired) electrons. The lowest BCUT2D eigenvalue weighted by Gasteiger charge is -2.39. The Morgan fingerprint density at radius 2 is 2.12 bits per heavy atom. The van der Waals surface area contributed by atoms with Crippen molar-refractivity contribution in [1.82, 2.24) is 14.7 Å². The predicted octanol–water partition coefficient (Wildman–Crippen LogP) is 1.31. The lowest BCUT2D eigenvalue weighted by atomic mass is 9.75. The van der Waals surface area contributed by atoms with E-state index in [9.17, 15) is 9.59 Å². The second kappa shape index (κ2) is 5.86. The van der Waals surface area contributed by atoms with Gasteiger partial charge >= 0.3 is 0 Å². The van der Waals surface area contributed by atoms with Gasteiger partial charge in [-0.1, -0.05) is 18.2 Å². The molecule has 2 aliphatic rings. The maximum absolute atomic E-state index is 13.1. The Kier molecular flexibility index (Phi) is 3.75. The van der Waals surface area contributed by atoms with Crippen LogP contribution in [-0.4, -0.2) is 46.6 Å². The van der Waals surface area contributed by atoms with Gasteiger partial charge in [-0.2, -0.15) is 5.10 Å². The first-order valence-electron chi connectivity index (χ1n) is 8.88. The zero-order valence-corrected chi connectivity index (χ0v) is 15.1. The van der Waals surface area contributed by atoms with Crippen LogP contribution in [0.2, 0.25) is 0 Å². The number of benzene rings is 1. The third-order valence-corrected chi connectivity index (χ3v) is 5.56. The van der Waals surface area contributed by atoms with Crippen molar-refractivity contribution in [1.29, 1.82) is 0 Å². The van der Waals surface area contributed by atoms with Gasteiger partial charge in [0.2, 0.25) is 11.8 Å². The third-order valence-electron chi connectivity index (χ3n) is 5.56. The molecule has 1 aromatic carbocycles. The first-order chi connectivity index (χ1) is 12.4. The van der Waals surface area contributed by atoms with Crippen molar-refractivity contribution in [2.75, 3.05) is 30.8 Å². The quantitative estimate of drug-likeness (QED) is 0.882. The molecule has 7 nitrogen and oxygen atoms in total. The van der Waals surface area contributed by atoms with Gasteiger partial charge in [0.05, 0.1) is 11.1 Å². The molecule has 2 amide bonds. The number of likely N-dealkylation sites (N-methyl/N-ethyl adjacent to an activating group) is 1. The Morgan fingerprint density at radius 1 is 1.35 bits per heavy atom. The van der Waals surface area contributed by atoms with Crippen molar-refractivity contribution in [3.63, 3.8) is 0 Å². The van der Waals surface area contributed by atoms with Crippen LogP contribution in [0.3, 0.4) is 0 Å². The van der Waals surface area contributed by atoms with Gasteiger partial charge in [-0.05, 0) is 31.4 Å². The van der Waals surface area contributed by atoms with E-state index in [-0.39, 0.29) is 18.4 Å². The molecule has 7 heteroatoms. The Bertz CT molecular complexity index is 890. The first kappa shape index (κ1) is 16.6. The number of nitrogen functional groups attached to an aromatic ring is 1. The lowest BCUT2D eigenvalue weighted by Crippen LogP contribution is -2.53. The fraction of sp³-hybridized carbons (Fsp3) is 0.421. The molecule has 3 heterocycles. The molecule has 4 rings (SSSR count). The molecule has 1 atom stereocenters. The van der Waals surface area contributed by atoms with Crippen molar-refractivity contribution in [3.8, 4) is 0 Å². The number of nitrogens with two attached hydrogens (primary N) is 1. The third kappa shape index (κ3) is 2.38. The number of aryl methyl sites for hydroxylation is 1. The molecular weight excluding hydrogens is 330 g/mol. The number of carbonyl (C=O) groups excluding carboxylic acids is 2. The highest BCUT2D eigenvalue weighted by Gasteiger charge is 2.52. The van der Waals surface area contributed by atoms with Crippen LogP contribution in [0.25, 0.3) is 0 Å². The maximum Gasteiger partial charge on any atom is 0.244 e. The van der Waals surface area contributed by atoms with E-state index in [0.29, 0.717) is 18.9 Å². The number of para-hydroxylation sites is 1. The number of likely N-dealkylation sites (tertiary alicyclic amines) is 1. The van der Waals surface area contributed by atoms with E-state index in [4.69, 9.17) is 5.73 Å².